The molecule has 2 aromatic rings. The van der Waals surface area contributed by atoms with Gasteiger partial charge in [0.05, 0.1) is 11.9 Å². The van der Waals surface area contributed by atoms with E-state index in [-0.39, 0.29) is 12.5 Å². The molecule has 0 aliphatic heterocycles. The van der Waals surface area contributed by atoms with Gasteiger partial charge in [-0.1, -0.05) is 12.1 Å². The zero-order chi connectivity index (χ0) is 13.5. The maximum Gasteiger partial charge on any atom is 0.247 e. The van der Waals surface area contributed by atoms with Crippen LogP contribution >= 0.6 is 11.3 Å². The van der Waals surface area contributed by atoms with Gasteiger partial charge in [0, 0.05) is 18.1 Å². The quantitative estimate of drug-likeness (QED) is 0.735. The van der Waals surface area contributed by atoms with Crippen LogP contribution in [0, 0.1) is 0 Å². The minimum atomic E-state index is -0.159. The Morgan fingerprint density at radius 3 is 3.16 bits per heavy atom. The maximum atomic E-state index is 11.7. The highest BCUT2D eigenvalue weighted by Crippen LogP contribution is 2.09. The molecule has 2 N–H and O–H groups in total. The summed E-state index contributed by atoms with van der Waals surface area (Å²) in [6.45, 7) is 3.85. The number of carbonyl (C=O) groups excluding carboxylic acids is 1. The summed E-state index contributed by atoms with van der Waals surface area (Å²) in [4.78, 5) is 15.7. The Balaban J connectivity index is 1.80. The third kappa shape index (κ3) is 4.42. The monoisotopic (exact) mass is 280 g/mol. The second-order valence-corrected chi connectivity index (χ2v) is 4.86. The Morgan fingerprint density at radius 2 is 2.42 bits per heavy atom. The lowest BCUT2D eigenvalue weighted by Crippen LogP contribution is -2.19. The lowest BCUT2D eigenvalue weighted by molar-refractivity contribution is -0.116. The molecule has 0 saturated carbocycles. The summed E-state index contributed by atoms with van der Waals surface area (Å²) in [5, 5.41) is 16.2. The van der Waals surface area contributed by atoms with Crippen LogP contribution in [0.5, 0.6) is 0 Å². The lowest BCUT2D eigenvalue weighted by atomic mass is 10.4. The molecule has 0 saturated heterocycles. The molecule has 0 radical (unpaired) electrons. The van der Waals surface area contributed by atoms with Crippen molar-refractivity contribution in [2.24, 2.45) is 0 Å². The minimum absolute atomic E-state index is 0.139. The first-order valence-corrected chi connectivity index (χ1v) is 6.95. The predicted molar refractivity (Wildman–Crippen MR) is 72.8 cm³/mol. The number of hydrogen-bond acceptors (Lipinski definition) is 6. The largest absolute Gasteiger partial charge is 0.311 e. The molecule has 7 nitrogen and oxygen atoms in total. The molecule has 0 unspecified atom stereocenters. The Labute approximate surface area is 115 Å². The van der Waals surface area contributed by atoms with E-state index in [1.807, 2.05) is 5.38 Å². The van der Waals surface area contributed by atoms with Crippen LogP contribution in [0.2, 0.25) is 0 Å². The van der Waals surface area contributed by atoms with E-state index in [0.717, 1.165) is 18.7 Å². The molecule has 0 aliphatic rings. The summed E-state index contributed by atoms with van der Waals surface area (Å²) in [7, 11) is 0. The zero-order valence-electron chi connectivity index (χ0n) is 10.7. The van der Waals surface area contributed by atoms with Crippen molar-refractivity contribution in [2.75, 3.05) is 11.9 Å². The van der Waals surface area contributed by atoms with E-state index >= 15 is 0 Å². The molecule has 19 heavy (non-hydrogen) atoms. The van der Waals surface area contributed by atoms with Gasteiger partial charge in [0.2, 0.25) is 5.91 Å². The molecule has 2 heterocycles. The van der Waals surface area contributed by atoms with Crippen LogP contribution in [0.4, 0.5) is 5.13 Å². The molecule has 102 valence electrons. The van der Waals surface area contributed by atoms with E-state index in [1.165, 1.54) is 16.0 Å². The Bertz CT molecular complexity index is 509. The van der Waals surface area contributed by atoms with Crippen LogP contribution in [0.25, 0.3) is 0 Å². The fourth-order valence-electron chi connectivity index (χ4n) is 1.48. The van der Waals surface area contributed by atoms with Gasteiger partial charge in [0.15, 0.2) is 5.13 Å². The van der Waals surface area contributed by atoms with Gasteiger partial charge >= 0.3 is 0 Å². The summed E-state index contributed by atoms with van der Waals surface area (Å²) in [6, 6.07) is 0. The topological polar surface area (TPSA) is 84.7 Å². The van der Waals surface area contributed by atoms with Crippen molar-refractivity contribution in [3.63, 3.8) is 0 Å². The summed E-state index contributed by atoms with van der Waals surface area (Å²) >= 11 is 1.38. The van der Waals surface area contributed by atoms with E-state index in [9.17, 15) is 4.79 Å². The number of nitrogens with zero attached hydrogens (tertiary/aromatic N) is 4. The first-order chi connectivity index (χ1) is 9.28. The smallest absolute Gasteiger partial charge is 0.247 e. The molecule has 0 spiro atoms. The average molecular weight is 280 g/mol. The van der Waals surface area contributed by atoms with Crippen molar-refractivity contribution in [3.8, 4) is 0 Å². The molecule has 0 aliphatic carbocycles. The third-order valence-electron chi connectivity index (χ3n) is 2.30. The highest BCUT2D eigenvalue weighted by molar-refractivity contribution is 7.13. The molecule has 0 bridgehead atoms. The highest BCUT2D eigenvalue weighted by atomic mass is 32.1. The van der Waals surface area contributed by atoms with Crippen LogP contribution < -0.4 is 10.6 Å². The Morgan fingerprint density at radius 1 is 1.53 bits per heavy atom. The van der Waals surface area contributed by atoms with Gasteiger partial charge in [-0.05, 0) is 13.0 Å². The summed E-state index contributed by atoms with van der Waals surface area (Å²) in [5.41, 5.74) is 0.829. The van der Waals surface area contributed by atoms with E-state index in [0.29, 0.717) is 11.7 Å². The number of thiazole rings is 1. The van der Waals surface area contributed by atoms with Gasteiger partial charge in [-0.3, -0.25) is 4.79 Å². The number of rotatable bonds is 7. The van der Waals surface area contributed by atoms with Gasteiger partial charge < -0.3 is 10.6 Å². The van der Waals surface area contributed by atoms with Crippen LogP contribution in [-0.2, 0) is 17.9 Å². The van der Waals surface area contributed by atoms with Crippen molar-refractivity contribution in [1.29, 1.82) is 0 Å². The molecular weight excluding hydrogens is 264 g/mol. The van der Waals surface area contributed by atoms with Crippen molar-refractivity contribution < 1.29 is 4.79 Å². The average Bonchev–Trinajstić information content (AvgIpc) is 3.02. The van der Waals surface area contributed by atoms with Gasteiger partial charge in [-0.2, -0.15) is 0 Å². The standard InChI is InChI=1S/C11H16N6OS/c1-2-3-12-6-9-7-17(16-15-9)8-10(18)14-11-13-4-5-19-11/h4-5,7,12H,2-3,6,8H2,1H3,(H,13,14,18). The van der Waals surface area contributed by atoms with Crippen molar-refractivity contribution in [1.82, 2.24) is 25.3 Å². The number of aromatic nitrogens is 4. The fraction of sp³-hybridized carbons (Fsp3) is 0.455. The molecular formula is C11H16N6OS. The van der Waals surface area contributed by atoms with Gasteiger partial charge in [-0.25, -0.2) is 9.67 Å². The van der Waals surface area contributed by atoms with Gasteiger partial charge in [0.1, 0.15) is 6.54 Å². The number of carbonyl (C=O) groups is 1. The zero-order valence-corrected chi connectivity index (χ0v) is 11.5. The first kappa shape index (κ1) is 13.6. The van der Waals surface area contributed by atoms with Crippen LogP contribution in [-0.4, -0.2) is 32.4 Å². The second-order valence-electron chi connectivity index (χ2n) is 3.97. The van der Waals surface area contributed by atoms with Crippen LogP contribution in [0.1, 0.15) is 19.0 Å². The predicted octanol–water partition coefficient (Wildman–Crippen LogP) is 0.873. The number of nitrogens with one attached hydrogen (secondary N) is 2. The van der Waals surface area contributed by atoms with E-state index in [4.69, 9.17) is 0 Å². The molecule has 1 amide bonds. The molecule has 0 fully saturated rings. The Hall–Kier alpha value is -1.80. The molecule has 0 aromatic carbocycles. The van der Waals surface area contributed by atoms with E-state index in [1.54, 1.807) is 12.4 Å². The lowest BCUT2D eigenvalue weighted by Gasteiger charge is -2.00. The summed E-state index contributed by atoms with van der Waals surface area (Å²) in [6.07, 6.45) is 4.49. The summed E-state index contributed by atoms with van der Waals surface area (Å²) < 4.78 is 1.52. The normalized spacial score (nSPS) is 10.6. The number of hydrogen-bond donors (Lipinski definition) is 2. The number of anilines is 1. The first-order valence-electron chi connectivity index (χ1n) is 6.07. The van der Waals surface area contributed by atoms with Crippen molar-refractivity contribution in [2.45, 2.75) is 26.4 Å². The van der Waals surface area contributed by atoms with E-state index < -0.39 is 0 Å². The maximum absolute atomic E-state index is 11.7. The van der Waals surface area contributed by atoms with Crippen molar-refractivity contribution >= 4 is 22.4 Å². The molecule has 2 aromatic heterocycles. The second kappa shape index (κ2) is 6.95. The SMILES string of the molecule is CCCNCc1cn(CC(=O)Nc2nccs2)nn1. The minimum Gasteiger partial charge on any atom is -0.311 e. The van der Waals surface area contributed by atoms with Crippen LogP contribution in [0.3, 0.4) is 0 Å². The molecule has 2 rings (SSSR count). The fourth-order valence-corrected chi connectivity index (χ4v) is 2.03. The Kier molecular flexibility index (Phi) is 4.99. The van der Waals surface area contributed by atoms with Crippen LogP contribution in [0.15, 0.2) is 17.8 Å². The summed E-state index contributed by atoms with van der Waals surface area (Å²) in [5.74, 6) is -0.159. The van der Waals surface area contributed by atoms with E-state index in [2.05, 4.69) is 32.9 Å². The highest BCUT2D eigenvalue weighted by Gasteiger charge is 2.07. The third-order valence-corrected chi connectivity index (χ3v) is 2.99. The van der Waals surface area contributed by atoms with Gasteiger partial charge in [0.25, 0.3) is 0 Å². The van der Waals surface area contributed by atoms with Crippen molar-refractivity contribution in [3.05, 3.63) is 23.5 Å². The van der Waals surface area contributed by atoms with Gasteiger partial charge in [-0.15, -0.1) is 16.4 Å². The molecule has 8 heteroatoms. The molecule has 0 atom stereocenters. The number of amides is 1.